The zero-order chi connectivity index (χ0) is 15.3. The van der Waals surface area contributed by atoms with Crippen LogP contribution in [0.1, 0.15) is 38.3 Å². The van der Waals surface area contributed by atoms with Crippen molar-refractivity contribution in [3.8, 4) is 0 Å². The van der Waals surface area contributed by atoms with E-state index in [0.29, 0.717) is 12.5 Å². The first-order valence-corrected chi connectivity index (χ1v) is 7.36. The van der Waals surface area contributed by atoms with Crippen LogP contribution in [0.5, 0.6) is 0 Å². The largest absolute Gasteiger partial charge is 0.481 e. The van der Waals surface area contributed by atoms with Crippen molar-refractivity contribution in [3.63, 3.8) is 0 Å². The molecule has 0 aliphatic carbocycles. The minimum atomic E-state index is -0.732. The van der Waals surface area contributed by atoms with E-state index in [1.54, 1.807) is 6.92 Å². The van der Waals surface area contributed by atoms with Crippen LogP contribution >= 0.6 is 0 Å². The average molecular weight is 277 g/mol. The molecule has 112 valence electrons. The Hall–Kier alpha value is -1.51. The van der Waals surface area contributed by atoms with Crippen molar-refractivity contribution >= 4 is 11.7 Å². The van der Waals surface area contributed by atoms with Gasteiger partial charge in [0.1, 0.15) is 0 Å². The standard InChI is InChI=1S/C17H27NO2/c1-12(2)8-9-18(11-15(5)17(19)20)16-10-13(3)6-7-14(16)4/h6-7,10,12,15H,8-9,11H2,1-5H3,(H,19,20). The highest BCUT2D eigenvalue weighted by atomic mass is 16.4. The van der Waals surface area contributed by atoms with E-state index < -0.39 is 5.97 Å². The third-order valence-electron chi connectivity index (χ3n) is 3.60. The van der Waals surface area contributed by atoms with Gasteiger partial charge < -0.3 is 10.0 Å². The van der Waals surface area contributed by atoms with E-state index in [-0.39, 0.29) is 5.92 Å². The Balaban J connectivity index is 2.96. The Morgan fingerprint density at radius 1 is 1.25 bits per heavy atom. The second-order valence-corrected chi connectivity index (χ2v) is 6.16. The first-order chi connectivity index (χ1) is 9.31. The molecule has 0 amide bonds. The number of rotatable bonds is 7. The molecule has 0 heterocycles. The van der Waals surface area contributed by atoms with Gasteiger partial charge in [-0.1, -0.05) is 32.9 Å². The number of hydrogen-bond donors (Lipinski definition) is 1. The van der Waals surface area contributed by atoms with Gasteiger partial charge in [0.25, 0.3) is 0 Å². The number of aliphatic carboxylic acids is 1. The van der Waals surface area contributed by atoms with Crippen LogP contribution in [0.3, 0.4) is 0 Å². The monoisotopic (exact) mass is 277 g/mol. The lowest BCUT2D eigenvalue weighted by Crippen LogP contribution is -2.33. The molecule has 0 spiro atoms. The van der Waals surface area contributed by atoms with E-state index in [0.717, 1.165) is 13.0 Å². The fourth-order valence-corrected chi connectivity index (χ4v) is 2.19. The Labute approximate surface area is 122 Å². The number of benzene rings is 1. The summed E-state index contributed by atoms with van der Waals surface area (Å²) in [5.41, 5.74) is 3.58. The number of carboxylic acids is 1. The van der Waals surface area contributed by atoms with Gasteiger partial charge in [-0.3, -0.25) is 4.79 Å². The maximum atomic E-state index is 11.1. The molecule has 0 saturated carbocycles. The number of anilines is 1. The van der Waals surface area contributed by atoms with Gasteiger partial charge in [0, 0.05) is 18.8 Å². The summed E-state index contributed by atoms with van der Waals surface area (Å²) in [6, 6.07) is 6.36. The third-order valence-corrected chi connectivity index (χ3v) is 3.60. The minimum absolute atomic E-state index is 0.359. The molecular weight excluding hydrogens is 250 g/mol. The third kappa shape index (κ3) is 4.87. The van der Waals surface area contributed by atoms with Crippen molar-refractivity contribution in [1.82, 2.24) is 0 Å². The lowest BCUT2D eigenvalue weighted by atomic mass is 10.1. The van der Waals surface area contributed by atoms with Crippen LogP contribution in [-0.4, -0.2) is 24.2 Å². The summed E-state index contributed by atoms with van der Waals surface area (Å²) in [5, 5.41) is 9.15. The van der Waals surface area contributed by atoms with Crippen LogP contribution in [0.15, 0.2) is 18.2 Å². The SMILES string of the molecule is Cc1ccc(C)c(N(CCC(C)C)CC(C)C(=O)O)c1. The molecule has 0 aliphatic rings. The summed E-state index contributed by atoms with van der Waals surface area (Å²) in [6.45, 7) is 11.8. The molecule has 0 bridgehead atoms. The maximum Gasteiger partial charge on any atom is 0.308 e. The van der Waals surface area contributed by atoms with E-state index >= 15 is 0 Å². The van der Waals surface area contributed by atoms with Gasteiger partial charge in [-0.05, 0) is 43.4 Å². The number of carbonyl (C=O) groups is 1. The lowest BCUT2D eigenvalue weighted by Gasteiger charge is -2.29. The van der Waals surface area contributed by atoms with Gasteiger partial charge in [-0.25, -0.2) is 0 Å². The van der Waals surface area contributed by atoms with Crippen molar-refractivity contribution in [1.29, 1.82) is 0 Å². The highest BCUT2D eigenvalue weighted by Crippen LogP contribution is 2.23. The quantitative estimate of drug-likeness (QED) is 0.822. The van der Waals surface area contributed by atoms with Crippen LogP contribution in [0, 0.1) is 25.7 Å². The predicted molar refractivity (Wildman–Crippen MR) is 84.4 cm³/mol. The number of carboxylic acid groups (broad SMARTS) is 1. The highest BCUT2D eigenvalue weighted by molar-refractivity contribution is 5.70. The van der Waals surface area contributed by atoms with Crippen molar-refractivity contribution in [2.24, 2.45) is 11.8 Å². The Kier molecular flexibility index (Phi) is 6.05. The summed E-state index contributed by atoms with van der Waals surface area (Å²) >= 11 is 0. The van der Waals surface area contributed by atoms with Crippen molar-refractivity contribution in [3.05, 3.63) is 29.3 Å². The molecule has 0 saturated heterocycles. The van der Waals surface area contributed by atoms with Crippen LogP contribution in [0.25, 0.3) is 0 Å². The average Bonchev–Trinajstić information content (AvgIpc) is 2.36. The van der Waals surface area contributed by atoms with E-state index in [4.69, 9.17) is 5.11 Å². The molecule has 1 aromatic carbocycles. The smallest absolute Gasteiger partial charge is 0.308 e. The number of aryl methyl sites for hydroxylation is 2. The van der Waals surface area contributed by atoms with Gasteiger partial charge in [-0.2, -0.15) is 0 Å². The van der Waals surface area contributed by atoms with Crippen molar-refractivity contribution in [2.45, 2.75) is 41.0 Å². The second kappa shape index (κ2) is 7.32. The van der Waals surface area contributed by atoms with Gasteiger partial charge >= 0.3 is 5.97 Å². The Bertz CT molecular complexity index is 454. The molecule has 0 radical (unpaired) electrons. The zero-order valence-electron chi connectivity index (χ0n) is 13.3. The second-order valence-electron chi connectivity index (χ2n) is 6.16. The van der Waals surface area contributed by atoms with Crippen molar-refractivity contribution in [2.75, 3.05) is 18.0 Å². The normalized spacial score (nSPS) is 12.5. The summed E-state index contributed by atoms with van der Waals surface area (Å²) in [5.74, 6) is -0.477. The Morgan fingerprint density at radius 3 is 2.45 bits per heavy atom. The number of nitrogens with zero attached hydrogens (tertiary/aromatic N) is 1. The zero-order valence-corrected chi connectivity index (χ0v) is 13.3. The van der Waals surface area contributed by atoms with Gasteiger partial charge in [0.05, 0.1) is 5.92 Å². The van der Waals surface area contributed by atoms with E-state index in [2.05, 4.69) is 50.8 Å². The Morgan fingerprint density at radius 2 is 1.90 bits per heavy atom. The summed E-state index contributed by atoms with van der Waals surface area (Å²) in [7, 11) is 0. The lowest BCUT2D eigenvalue weighted by molar-refractivity contribution is -0.140. The van der Waals surface area contributed by atoms with Crippen molar-refractivity contribution < 1.29 is 9.90 Å². The van der Waals surface area contributed by atoms with Crippen LogP contribution in [0.4, 0.5) is 5.69 Å². The minimum Gasteiger partial charge on any atom is -0.481 e. The van der Waals surface area contributed by atoms with Crippen LogP contribution < -0.4 is 4.90 Å². The van der Waals surface area contributed by atoms with E-state index in [9.17, 15) is 4.79 Å². The van der Waals surface area contributed by atoms with E-state index in [1.165, 1.54) is 16.8 Å². The number of hydrogen-bond acceptors (Lipinski definition) is 2. The van der Waals surface area contributed by atoms with Crippen LogP contribution in [0.2, 0.25) is 0 Å². The molecule has 1 N–H and O–H groups in total. The fraction of sp³-hybridized carbons (Fsp3) is 0.588. The van der Waals surface area contributed by atoms with Gasteiger partial charge in [-0.15, -0.1) is 0 Å². The summed E-state index contributed by atoms with van der Waals surface area (Å²) in [6.07, 6.45) is 1.07. The molecular formula is C17H27NO2. The van der Waals surface area contributed by atoms with Gasteiger partial charge in [0.2, 0.25) is 0 Å². The molecule has 3 nitrogen and oxygen atoms in total. The van der Waals surface area contributed by atoms with E-state index in [1.807, 2.05) is 0 Å². The first kappa shape index (κ1) is 16.5. The summed E-state index contributed by atoms with van der Waals surface area (Å²) < 4.78 is 0. The molecule has 0 fully saturated rings. The highest BCUT2D eigenvalue weighted by Gasteiger charge is 2.18. The topological polar surface area (TPSA) is 40.5 Å². The maximum absolute atomic E-state index is 11.1. The molecule has 0 aliphatic heterocycles. The first-order valence-electron chi connectivity index (χ1n) is 7.36. The van der Waals surface area contributed by atoms with Crippen LogP contribution in [-0.2, 0) is 4.79 Å². The fourth-order valence-electron chi connectivity index (χ4n) is 2.19. The molecule has 1 aromatic rings. The van der Waals surface area contributed by atoms with Gasteiger partial charge in [0.15, 0.2) is 0 Å². The molecule has 1 rings (SSSR count). The molecule has 1 unspecified atom stereocenters. The molecule has 0 aromatic heterocycles. The molecule has 3 heteroatoms. The molecule has 1 atom stereocenters. The summed E-state index contributed by atoms with van der Waals surface area (Å²) in [4.78, 5) is 13.4. The predicted octanol–water partition coefficient (Wildman–Crippen LogP) is 3.88. The molecule has 20 heavy (non-hydrogen) atoms.